The number of Topliss-reactive ketones (excluding diaryl/α,β-unsaturated/α-hetero) is 1. The van der Waals surface area contributed by atoms with Gasteiger partial charge in [0.15, 0.2) is 5.78 Å². The third kappa shape index (κ3) is 4.81. The zero-order valence-corrected chi connectivity index (χ0v) is 16.8. The number of rotatable bonds is 5. The molecule has 0 saturated carbocycles. The van der Waals surface area contributed by atoms with Crippen molar-refractivity contribution < 1.29 is 14.3 Å². The largest absolute Gasteiger partial charge is 0.455 e. The maximum absolute atomic E-state index is 12.5. The van der Waals surface area contributed by atoms with Crippen LogP contribution in [0.25, 0.3) is 0 Å². The van der Waals surface area contributed by atoms with Crippen LogP contribution in [0, 0.1) is 0 Å². The van der Waals surface area contributed by atoms with E-state index in [2.05, 4.69) is 10.3 Å². The first-order valence-corrected chi connectivity index (χ1v) is 9.16. The molecule has 0 unspecified atom stereocenters. The Kier molecular flexibility index (Phi) is 6.19. The lowest BCUT2D eigenvalue weighted by Gasteiger charge is -2.12. The van der Waals surface area contributed by atoms with Crippen LogP contribution in [-0.4, -0.2) is 16.7 Å². The fourth-order valence-corrected chi connectivity index (χ4v) is 3.08. The van der Waals surface area contributed by atoms with E-state index >= 15 is 0 Å². The van der Waals surface area contributed by atoms with Gasteiger partial charge in [-0.3, -0.25) is 14.6 Å². The number of aromatic nitrogens is 1. The highest BCUT2D eigenvalue weighted by Crippen LogP contribution is 2.30. The average molecular weight is 436 g/mol. The van der Waals surface area contributed by atoms with Gasteiger partial charge in [-0.15, -0.1) is 0 Å². The summed E-state index contributed by atoms with van der Waals surface area (Å²) in [7, 11) is 0. The minimum atomic E-state index is -0.427. The maximum atomic E-state index is 12.5. The number of ketones is 1. The van der Waals surface area contributed by atoms with Gasteiger partial charge in [-0.05, 0) is 43.3 Å². The lowest BCUT2D eigenvalue weighted by Crippen LogP contribution is -2.13. The molecule has 3 rings (SSSR count). The van der Waals surface area contributed by atoms with Crippen molar-refractivity contribution >= 4 is 52.2 Å². The van der Waals surface area contributed by atoms with Gasteiger partial charge in [0.25, 0.3) is 5.91 Å². The Morgan fingerprint density at radius 1 is 0.929 bits per heavy atom. The first-order chi connectivity index (χ1) is 13.3. The lowest BCUT2D eigenvalue weighted by atomic mass is 10.1. The molecule has 0 aliphatic rings. The molecule has 0 fully saturated rings. The summed E-state index contributed by atoms with van der Waals surface area (Å²) < 4.78 is 5.71. The molecule has 5 nitrogen and oxygen atoms in total. The Morgan fingerprint density at radius 2 is 1.71 bits per heavy atom. The van der Waals surface area contributed by atoms with Crippen LogP contribution in [-0.2, 0) is 0 Å². The van der Waals surface area contributed by atoms with E-state index in [1.54, 1.807) is 24.3 Å². The van der Waals surface area contributed by atoms with Crippen LogP contribution >= 0.6 is 34.8 Å². The molecule has 142 valence electrons. The maximum Gasteiger partial charge on any atom is 0.257 e. The monoisotopic (exact) mass is 434 g/mol. The fraction of sp³-hybridized carbons (Fsp3) is 0.0500. The van der Waals surface area contributed by atoms with E-state index in [9.17, 15) is 9.59 Å². The van der Waals surface area contributed by atoms with E-state index in [0.717, 1.165) is 0 Å². The van der Waals surface area contributed by atoms with Crippen LogP contribution in [0.1, 0.15) is 27.6 Å². The molecule has 0 atom stereocenters. The topological polar surface area (TPSA) is 68.3 Å². The van der Waals surface area contributed by atoms with E-state index in [0.29, 0.717) is 32.8 Å². The predicted octanol–water partition coefficient (Wildman–Crippen LogP) is 6.29. The van der Waals surface area contributed by atoms with E-state index < -0.39 is 5.91 Å². The Hall–Kier alpha value is -2.60. The van der Waals surface area contributed by atoms with E-state index in [4.69, 9.17) is 39.5 Å². The quantitative estimate of drug-likeness (QED) is 0.478. The van der Waals surface area contributed by atoms with Gasteiger partial charge in [-0.25, -0.2) is 0 Å². The van der Waals surface area contributed by atoms with Crippen molar-refractivity contribution in [3.63, 3.8) is 0 Å². The lowest BCUT2D eigenvalue weighted by molar-refractivity contribution is 0.100. The van der Waals surface area contributed by atoms with Crippen molar-refractivity contribution in [1.82, 2.24) is 4.98 Å². The van der Waals surface area contributed by atoms with Gasteiger partial charge in [0.1, 0.15) is 11.5 Å². The van der Waals surface area contributed by atoms with Gasteiger partial charge in [0.05, 0.1) is 27.4 Å². The number of benzene rings is 2. The fourth-order valence-electron chi connectivity index (χ4n) is 2.42. The van der Waals surface area contributed by atoms with E-state index in [-0.39, 0.29) is 16.4 Å². The van der Waals surface area contributed by atoms with Crippen molar-refractivity contribution in [2.24, 2.45) is 0 Å². The molecular formula is C20H13Cl3N2O3. The van der Waals surface area contributed by atoms with Crippen LogP contribution in [0.2, 0.25) is 15.1 Å². The zero-order valence-electron chi connectivity index (χ0n) is 14.5. The van der Waals surface area contributed by atoms with Crippen molar-refractivity contribution in [3.05, 3.63) is 81.1 Å². The number of hydrogen-bond donors (Lipinski definition) is 1. The smallest absolute Gasteiger partial charge is 0.257 e. The summed E-state index contributed by atoms with van der Waals surface area (Å²) in [5.41, 5.74) is 0.971. The van der Waals surface area contributed by atoms with Gasteiger partial charge in [0.2, 0.25) is 0 Å². The number of hydrogen-bond acceptors (Lipinski definition) is 4. The van der Waals surface area contributed by atoms with Crippen LogP contribution in [0.3, 0.4) is 0 Å². The highest BCUT2D eigenvalue weighted by Gasteiger charge is 2.15. The zero-order chi connectivity index (χ0) is 20.3. The van der Waals surface area contributed by atoms with Gasteiger partial charge in [-0.2, -0.15) is 0 Å². The van der Waals surface area contributed by atoms with Crippen molar-refractivity contribution in [1.29, 1.82) is 0 Å². The molecule has 0 bridgehead atoms. The minimum Gasteiger partial charge on any atom is -0.455 e. The minimum absolute atomic E-state index is 0.227. The molecule has 0 saturated heterocycles. The number of halogens is 3. The van der Waals surface area contributed by atoms with Gasteiger partial charge >= 0.3 is 0 Å². The summed E-state index contributed by atoms with van der Waals surface area (Å²) >= 11 is 17.8. The molecule has 0 aliphatic carbocycles. The van der Waals surface area contributed by atoms with Gasteiger partial charge in [0, 0.05) is 23.0 Å². The molecule has 0 spiro atoms. The molecule has 1 heterocycles. The molecule has 1 N–H and O–H groups in total. The summed E-state index contributed by atoms with van der Waals surface area (Å²) in [4.78, 5) is 28.5. The molecule has 3 aromatic rings. The highest BCUT2D eigenvalue weighted by atomic mass is 35.5. The second kappa shape index (κ2) is 8.61. The SMILES string of the molecule is CC(=O)c1cc(NC(=O)c2ccc(Cl)cc2Cl)ccc1Oc1cncc(Cl)c1. The Balaban J connectivity index is 1.86. The second-order valence-electron chi connectivity index (χ2n) is 5.79. The van der Waals surface area contributed by atoms with Gasteiger partial charge in [-0.1, -0.05) is 34.8 Å². The Morgan fingerprint density at radius 3 is 2.39 bits per heavy atom. The van der Waals surface area contributed by atoms with Crippen molar-refractivity contribution in [2.45, 2.75) is 6.92 Å². The summed E-state index contributed by atoms with van der Waals surface area (Å²) in [5, 5.41) is 3.77. The number of nitrogens with zero attached hydrogens (tertiary/aromatic N) is 1. The standard InChI is InChI=1S/C20H13Cl3N2O3/c1-11(26)17-8-14(25-20(27)16-4-2-12(21)7-18(16)23)3-5-19(17)28-15-6-13(22)9-24-10-15/h2-10H,1H3,(H,25,27). The highest BCUT2D eigenvalue weighted by molar-refractivity contribution is 6.37. The number of amides is 1. The Labute approximate surface area is 176 Å². The number of nitrogens with one attached hydrogen (secondary N) is 1. The third-order valence-corrected chi connectivity index (χ3v) is 4.45. The number of anilines is 1. The third-order valence-electron chi connectivity index (χ3n) is 3.70. The molecule has 8 heteroatoms. The van der Waals surface area contributed by atoms with Gasteiger partial charge < -0.3 is 10.1 Å². The van der Waals surface area contributed by atoms with Crippen LogP contribution in [0.15, 0.2) is 54.9 Å². The molecule has 0 radical (unpaired) electrons. The summed E-state index contributed by atoms with van der Waals surface area (Å²) in [6.45, 7) is 1.40. The molecule has 28 heavy (non-hydrogen) atoms. The molecule has 0 aliphatic heterocycles. The molecular weight excluding hydrogens is 423 g/mol. The molecule has 1 aromatic heterocycles. The normalized spacial score (nSPS) is 10.4. The number of ether oxygens (including phenoxy) is 1. The molecule has 2 aromatic carbocycles. The van der Waals surface area contributed by atoms with Crippen molar-refractivity contribution in [3.8, 4) is 11.5 Å². The van der Waals surface area contributed by atoms with E-state index in [1.807, 2.05) is 0 Å². The summed E-state index contributed by atoms with van der Waals surface area (Å²) in [5.74, 6) is 0.0494. The van der Waals surface area contributed by atoms with Crippen LogP contribution in [0.5, 0.6) is 11.5 Å². The molecule has 1 amide bonds. The summed E-state index contributed by atoms with van der Waals surface area (Å²) in [6.07, 6.45) is 2.95. The summed E-state index contributed by atoms with van der Waals surface area (Å²) in [6, 6.07) is 10.9. The first kappa shape index (κ1) is 20.1. The number of carbonyl (C=O) groups is 2. The Bertz CT molecular complexity index is 1070. The first-order valence-electron chi connectivity index (χ1n) is 8.03. The van der Waals surface area contributed by atoms with Crippen LogP contribution in [0.4, 0.5) is 5.69 Å². The number of pyridine rings is 1. The average Bonchev–Trinajstić information content (AvgIpc) is 2.62. The van der Waals surface area contributed by atoms with E-state index in [1.165, 1.54) is 37.5 Å². The van der Waals surface area contributed by atoms with Crippen molar-refractivity contribution in [2.75, 3.05) is 5.32 Å². The second-order valence-corrected chi connectivity index (χ2v) is 7.07. The number of carbonyl (C=O) groups excluding carboxylic acids is 2. The van der Waals surface area contributed by atoms with Crippen LogP contribution < -0.4 is 10.1 Å². The predicted molar refractivity (Wildman–Crippen MR) is 110 cm³/mol.